The van der Waals surface area contributed by atoms with Gasteiger partial charge in [-0.05, 0) is 56.3 Å². The summed E-state index contributed by atoms with van der Waals surface area (Å²) in [5.74, 6) is 4.42. The molecule has 5 heteroatoms. The molecular weight excluding hydrogens is 314 g/mol. The van der Waals surface area contributed by atoms with Crippen molar-refractivity contribution in [2.75, 3.05) is 13.2 Å². The van der Waals surface area contributed by atoms with Crippen molar-refractivity contribution >= 4 is 0 Å². The second-order valence-corrected chi connectivity index (χ2v) is 8.70. The minimum atomic E-state index is 0.187. The topological polar surface area (TPSA) is 60.2 Å². The molecule has 0 bridgehead atoms. The van der Waals surface area contributed by atoms with E-state index in [-0.39, 0.29) is 6.04 Å². The van der Waals surface area contributed by atoms with Crippen LogP contribution in [-0.4, -0.2) is 29.4 Å². The van der Waals surface area contributed by atoms with Crippen LogP contribution in [0.25, 0.3) is 0 Å². The van der Waals surface area contributed by atoms with Crippen LogP contribution in [0.5, 0.6) is 0 Å². The van der Waals surface area contributed by atoms with Crippen LogP contribution in [0.2, 0.25) is 0 Å². The third kappa shape index (κ3) is 4.25. The van der Waals surface area contributed by atoms with Gasteiger partial charge in [0.1, 0.15) is 0 Å². The number of nitrogens with zero attached hydrogens (tertiary/aromatic N) is 2. The van der Waals surface area contributed by atoms with E-state index < -0.39 is 0 Å². The zero-order valence-electron chi connectivity index (χ0n) is 15.7. The number of nitrogens with one attached hydrogen (secondary N) is 1. The Balaban J connectivity index is 1.47. The standard InChI is InChI=1S/C20H33N3O2/c1-13(2)19-22-20(25-23-19)18(15-8-10-24-11-9-15)21-17-5-3-4-16(12-17)14-6-7-14/h13-18,21H,3-12H2,1-2H3/t16-,17+,18-/m1/s1. The van der Waals surface area contributed by atoms with Gasteiger partial charge in [-0.25, -0.2) is 0 Å². The average molecular weight is 348 g/mol. The lowest BCUT2D eigenvalue weighted by atomic mass is 9.81. The fraction of sp³-hybridized carbons (Fsp3) is 0.900. The summed E-state index contributed by atoms with van der Waals surface area (Å²) in [6.07, 6.45) is 10.5. The van der Waals surface area contributed by atoms with Gasteiger partial charge in [0.2, 0.25) is 5.89 Å². The molecule has 0 aromatic carbocycles. The van der Waals surface area contributed by atoms with Crippen molar-refractivity contribution in [3.8, 4) is 0 Å². The molecule has 1 saturated heterocycles. The maximum Gasteiger partial charge on any atom is 0.244 e. The predicted octanol–water partition coefficient (Wildman–Crippen LogP) is 4.22. The molecule has 3 fully saturated rings. The molecule has 1 aromatic heterocycles. The smallest absolute Gasteiger partial charge is 0.244 e. The van der Waals surface area contributed by atoms with Crippen molar-refractivity contribution in [3.63, 3.8) is 0 Å². The van der Waals surface area contributed by atoms with E-state index in [1.165, 1.54) is 38.5 Å². The number of ether oxygens (including phenoxy) is 1. The van der Waals surface area contributed by atoms with Gasteiger partial charge in [0.15, 0.2) is 5.82 Å². The third-order valence-electron chi connectivity index (χ3n) is 6.40. The van der Waals surface area contributed by atoms with Crippen LogP contribution in [0.4, 0.5) is 0 Å². The van der Waals surface area contributed by atoms with E-state index in [0.29, 0.717) is 17.9 Å². The Labute approximate surface area is 151 Å². The van der Waals surface area contributed by atoms with Crippen molar-refractivity contribution in [1.82, 2.24) is 15.5 Å². The summed E-state index contributed by atoms with van der Waals surface area (Å²) in [5, 5.41) is 8.18. The summed E-state index contributed by atoms with van der Waals surface area (Å²) in [6, 6.07) is 0.786. The molecule has 5 nitrogen and oxygen atoms in total. The van der Waals surface area contributed by atoms with Crippen molar-refractivity contribution in [2.45, 2.75) is 83.2 Å². The van der Waals surface area contributed by atoms with Gasteiger partial charge in [-0.3, -0.25) is 0 Å². The van der Waals surface area contributed by atoms with Crippen LogP contribution < -0.4 is 5.32 Å². The number of rotatable bonds is 6. The summed E-state index contributed by atoms with van der Waals surface area (Å²) in [7, 11) is 0. The second-order valence-electron chi connectivity index (χ2n) is 8.70. The SMILES string of the molecule is CC(C)c1noc([C@H](N[C@H]2CCC[C@@H](C3CC3)C2)C2CCOCC2)n1. The van der Waals surface area contributed by atoms with Gasteiger partial charge in [-0.2, -0.15) is 4.98 Å². The van der Waals surface area contributed by atoms with Gasteiger partial charge < -0.3 is 14.6 Å². The monoisotopic (exact) mass is 347 g/mol. The molecular formula is C20H33N3O2. The summed E-state index contributed by atoms with van der Waals surface area (Å²) >= 11 is 0. The van der Waals surface area contributed by atoms with Gasteiger partial charge in [-0.15, -0.1) is 0 Å². The first-order chi connectivity index (χ1) is 12.2. The van der Waals surface area contributed by atoms with Crippen LogP contribution in [0.15, 0.2) is 4.52 Å². The zero-order valence-corrected chi connectivity index (χ0v) is 15.7. The highest BCUT2D eigenvalue weighted by atomic mass is 16.5. The Kier molecular flexibility index (Phi) is 5.41. The summed E-state index contributed by atoms with van der Waals surface area (Å²) in [4.78, 5) is 4.74. The molecule has 140 valence electrons. The van der Waals surface area contributed by atoms with Crippen LogP contribution in [-0.2, 0) is 4.74 Å². The summed E-state index contributed by atoms with van der Waals surface area (Å²) in [5.41, 5.74) is 0. The largest absolute Gasteiger partial charge is 0.381 e. The molecule has 3 aliphatic rings. The van der Waals surface area contributed by atoms with Crippen molar-refractivity contribution in [3.05, 3.63) is 11.7 Å². The quantitative estimate of drug-likeness (QED) is 0.835. The number of aromatic nitrogens is 2. The van der Waals surface area contributed by atoms with Crippen molar-refractivity contribution in [2.24, 2.45) is 17.8 Å². The Morgan fingerprint density at radius 3 is 2.48 bits per heavy atom. The molecule has 3 atom stereocenters. The van der Waals surface area contributed by atoms with E-state index in [2.05, 4.69) is 24.3 Å². The Morgan fingerprint density at radius 1 is 1.00 bits per heavy atom. The van der Waals surface area contributed by atoms with Crippen LogP contribution in [0.3, 0.4) is 0 Å². The molecule has 1 N–H and O–H groups in total. The minimum absolute atomic E-state index is 0.187. The van der Waals surface area contributed by atoms with E-state index in [4.69, 9.17) is 14.2 Å². The predicted molar refractivity (Wildman–Crippen MR) is 96.3 cm³/mol. The van der Waals surface area contributed by atoms with Gasteiger partial charge in [0, 0.05) is 25.2 Å². The van der Waals surface area contributed by atoms with Crippen LogP contribution in [0.1, 0.15) is 88.9 Å². The molecule has 2 aliphatic carbocycles. The fourth-order valence-electron chi connectivity index (χ4n) is 4.69. The number of hydrogen-bond donors (Lipinski definition) is 1. The van der Waals surface area contributed by atoms with Crippen LogP contribution in [0, 0.1) is 17.8 Å². The highest BCUT2D eigenvalue weighted by Gasteiger charge is 2.37. The Bertz CT molecular complexity index is 549. The second kappa shape index (κ2) is 7.75. The molecule has 4 rings (SSSR count). The number of hydrogen-bond acceptors (Lipinski definition) is 5. The fourth-order valence-corrected chi connectivity index (χ4v) is 4.69. The summed E-state index contributed by atoms with van der Waals surface area (Å²) in [6.45, 7) is 5.94. The van der Waals surface area contributed by atoms with Gasteiger partial charge in [0.05, 0.1) is 6.04 Å². The first kappa shape index (κ1) is 17.5. The first-order valence-corrected chi connectivity index (χ1v) is 10.4. The maximum absolute atomic E-state index is 5.71. The molecule has 0 radical (unpaired) electrons. The zero-order chi connectivity index (χ0) is 17.2. The first-order valence-electron chi connectivity index (χ1n) is 10.4. The molecule has 25 heavy (non-hydrogen) atoms. The van der Waals surface area contributed by atoms with Gasteiger partial charge in [-0.1, -0.05) is 31.8 Å². The molecule has 2 saturated carbocycles. The molecule has 0 amide bonds. The van der Waals surface area contributed by atoms with E-state index in [9.17, 15) is 0 Å². The molecule has 0 unspecified atom stereocenters. The highest BCUT2D eigenvalue weighted by molar-refractivity contribution is 5.00. The third-order valence-corrected chi connectivity index (χ3v) is 6.40. The molecule has 1 aliphatic heterocycles. The van der Waals surface area contributed by atoms with E-state index in [0.717, 1.165) is 49.6 Å². The molecule has 2 heterocycles. The van der Waals surface area contributed by atoms with E-state index in [1.54, 1.807) is 0 Å². The average Bonchev–Trinajstić information content (AvgIpc) is 3.37. The lowest BCUT2D eigenvalue weighted by Gasteiger charge is -2.35. The molecule has 0 spiro atoms. The Hall–Kier alpha value is -0.940. The lowest BCUT2D eigenvalue weighted by Crippen LogP contribution is -2.41. The van der Waals surface area contributed by atoms with E-state index in [1.807, 2.05) is 0 Å². The van der Waals surface area contributed by atoms with E-state index >= 15 is 0 Å². The molecule has 1 aromatic rings. The van der Waals surface area contributed by atoms with Crippen molar-refractivity contribution < 1.29 is 9.26 Å². The summed E-state index contributed by atoms with van der Waals surface area (Å²) < 4.78 is 11.3. The van der Waals surface area contributed by atoms with Crippen LogP contribution >= 0.6 is 0 Å². The van der Waals surface area contributed by atoms with Gasteiger partial charge >= 0.3 is 0 Å². The minimum Gasteiger partial charge on any atom is -0.381 e. The van der Waals surface area contributed by atoms with Crippen molar-refractivity contribution in [1.29, 1.82) is 0 Å². The van der Waals surface area contributed by atoms with Gasteiger partial charge in [0.25, 0.3) is 0 Å². The maximum atomic E-state index is 5.71. The highest BCUT2D eigenvalue weighted by Crippen LogP contribution is 2.44. The Morgan fingerprint density at radius 2 is 1.80 bits per heavy atom. The normalized spacial score (nSPS) is 29.9. The lowest BCUT2D eigenvalue weighted by molar-refractivity contribution is 0.0447.